The van der Waals surface area contributed by atoms with E-state index in [1.165, 1.54) is 12.8 Å². The summed E-state index contributed by atoms with van der Waals surface area (Å²) in [5.74, 6) is 0. The fourth-order valence-electron chi connectivity index (χ4n) is 2.24. The number of nitrogens with one attached hydrogen (secondary N) is 1. The molecule has 0 unspecified atom stereocenters. The summed E-state index contributed by atoms with van der Waals surface area (Å²) in [6.45, 7) is 12.0. The fraction of sp³-hybridized carbons (Fsp3) is 1.00. The van der Waals surface area contributed by atoms with Gasteiger partial charge in [-0.2, -0.15) is 11.8 Å². The standard InChI is InChI=1S/C13H28N2OS/c1-4-13(5-2,17-3)12-14-6-7-15-8-10-16-11-9-15/h14H,4-12H2,1-3H3. The van der Waals surface area contributed by atoms with Gasteiger partial charge in [0.15, 0.2) is 0 Å². The lowest BCUT2D eigenvalue weighted by molar-refractivity contribution is 0.0384. The zero-order chi connectivity index (χ0) is 12.6. The Bertz CT molecular complexity index is 184. The molecule has 1 rings (SSSR count). The van der Waals surface area contributed by atoms with Crippen LogP contribution in [0.4, 0.5) is 0 Å². The summed E-state index contributed by atoms with van der Waals surface area (Å²) in [5, 5.41) is 3.62. The normalized spacial score (nSPS) is 18.5. The second-order valence-corrected chi connectivity index (χ2v) is 6.00. The van der Waals surface area contributed by atoms with Gasteiger partial charge >= 0.3 is 0 Å². The molecule has 1 aliphatic rings. The molecule has 0 aromatic carbocycles. The monoisotopic (exact) mass is 260 g/mol. The molecular weight excluding hydrogens is 232 g/mol. The van der Waals surface area contributed by atoms with E-state index in [1.807, 2.05) is 11.8 Å². The molecule has 1 heterocycles. The molecule has 1 fully saturated rings. The third-order valence-corrected chi connectivity index (χ3v) is 5.47. The molecule has 0 atom stereocenters. The summed E-state index contributed by atoms with van der Waals surface area (Å²) in [7, 11) is 0. The van der Waals surface area contributed by atoms with Crippen molar-refractivity contribution in [2.75, 3.05) is 52.2 Å². The first kappa shape index (κ1) is 15.3. The third kappa shape index (κ3) is 5.16. The summed E-state index contributed by atoms with van der Waals surface area (Å²) in [5.41, 5.74) is 0. The molecule has 102 valence electrons. The van der Waals surface area contributed by atoms with Crippen molar-refractivity contribution in [1.29, 1.82) is 0 Å². The molecule has 1 N–H and O–H groups in total. The highest BCUT2D eigenvalue weighted by atomic mass is 32.2. The van der Waals surface area contributed by atoms with Gasteiger partial charge in [0.25, 0.3) is 0 Å². The lowest BCUT2D eigenvalue weighted by atomic mass is 10.0. The quantitative estimate of drug-likeness (QED) is 0.673. The highest BCUT2D eigenvalue weighted by molar-refractivity contribution is 8.00. The first-order valence-electron chi connectivity index (χ1n) is 6.82. The second kappa shape index (κ2) is 8.35. The van der Waals surface area contributed by atoms with E-state index in [0.29, 0.717) is 4.75 Å². The summed E-state index contributed by atoms with van der Waals surface area (Å²) < 4.78 is 5.78. The first-order valence-corrected chi connectivity index (χ1v) is 8.05. The van der Waals surface area contributed by atoms with Gasteiger partial charge in [0.2, 0.25) is 0 Å². The Morgan fingerprint density at radius 3 is 2.41 bits per heavy atom. The molecule has 0 aliphatic carbocycles. The van der Waals surface area contributed by atoms with Crippen LogP contribution in [0.15, 0.2) is 0 Å². The number of rotatable bonds is 8. The van der Waals surface area contributed by atoms with Crippen molar-refractivity contribution in [3.8, 4) is 0 Å². The molecule has 17 heavy (non-hydrogen) atoms. The predicted octanol–water partition coefficient (Wildman–Crippen LogP) is 1.83. The maximum atomic E-state index is 5.35. The zero-order valence-corrected chi connectivity index (χ0v) is 12.4. The van der Waals surface area contributed by atoms with E-state index in [1.54, 1.807) is 0 Å². The minimum atomic E-state index is 0.436. The molecule has 3 nitrogen and oxygen atoms in total. The molecule has 0 aromatic rings. The van der Waals surface area contributed by atoms with Gasteiger partial charge in [-0.15, -0.1) is 0 Å². The number of morpholine rings is 1. The minimum absolute atomic E-state index is 0.436. The molecule has 1 saturated heterocycles. The average molecular weight is 260 g/mol. The smallest absolute Gasteiger partial charge is 0.0594 e. The Balaban J connectivity index is 2.13. The van der Waals surface area contributed by atoms with Crippen molar-refractivity contribution in [3.05, 3.63) is 0 Å². The Hall–Kier alpha value is 0.230. The zero-order valence-electron chi connectivity index (χ0n) is 11.6. The van der Waals surface area contributed by atoms with E-state index in [-0.39, 0.29) is 0 Å². The first-order chi connectivity index (χ1) is 8.26. The summed E-state index contributed by atoms with van der Waals surface area (Å²) in [6, 6.07) is 0. The van der Waals surface area contributed by atoms with Crippen LogP contribution < -0.4 is 5.32 Å². The molecule has 1 aliphatic heterocycles. The van der Waals surface area contributed by atoms with Gasteiger partial charge in [0.05, 0.1) is 13.2 Å². The Morgan fingerprint density at radius 1 is 1.24 bits per heavy atom. The van der Waals surface area contributed by atoms with Crippen LogP contribution in [0.2, 0.25) is 0 Å². The number of thioether (sulfide) groups is 1. The molecular formula is C13H28N2OS. The Labute approximate surface area is 111 Å². The predicted molar refractivity (Wildman–Crippen MR) is 77.0 cm³/mol. The number of nitrogens with zero attached hydrogens (tertiary/aromatic N) is 1. The van der Waals surface area contributed by atoms with Crippen molar-refractivity contribution in [2.24, 2.45) is 0 Å². The topological polar surface area (TPSA) is 24.5 Å². The van der Waals surface area contributed by atoms with Crippen molar-refractivity contribution in [1.82, 2.24) is 10.2 Å². The van der Waals surface area contributed by atoms with Crippen LogP contribution >= 0.6 is 11.8 Å². The van der Waals surface area contributed by atoms with E-state index < -0.39 is 0 Å². The Kier molecular flexibility index (Phi) is 7.51. The number of hydrogen-bond acceptors (Lipinski definition) is 4. The summed E-state index contributed by atoms with van der Waals surface area (Å²) >= 11 is 2.01. The van der Waals surface area contributed by atoms with Crippen molar-refractivity contribution >= 4 is 11.8 Å². The minimum Gasteiger partial charge on any atom is -0.379 e. The maximum Gasteiger partial charge on any atom is 0.0594 e. The van der Waals surface area contributed by atoms with Gasteiger partial charge in [-0.1, -0.05) is 13.8 Å². The van der Waals surface area contributed by atoms with Crippen LogP contribution in [0.5, 0.6) is 0 Å². The van der Waals surface area contributed by atoms with Crippen LogP contribution in [0.25, 0.3) is 0 Å². The van der Waals surface area contributed by atoms with Crippen molar-refractivity contribution < 1.29 is 4.74 Å². The van der Waals surface area contributed by atoms with Crippen molar-refractivity contribution in [3.63, 3.8) is 0 Å². The van der Waals surface area contributed by atoms with Crippen LogP contribution in [-0.2, 0) is 4.74 Å². The third-order valence-electron chi connectivity index (χ3n) is 3.88. The molecule has 0 amide bonds. The fourth-order valence-corrected chi connectivity index (χ4v) is 3.06. The summed E-state index contributed by atoms with van der Waals surface area (Å²) in [6.07, 6.45) is 4.72. The maximum absolute atomic E-state index is 5.35. The Morgan fingerprint density at radius 2 is 1.88 bits per heavy atom. The number of hydrogen-bond donors (Lipinski definition) is 1. The molecule has 0 spiro atoms. The van der Waals surface area contributed by atoms with Crippen LogP contribution in [0.3, 0.4) is 0 Å². The molecule has 0 aromatic heterocycles. The van der Waals surface area contributed by atoms with E-state index in [2.05, 4.69) is 30.3 Å². The molecule has 0 saturated carbocycles. The molecule has 0 radical (unpaired) electrons. The lowest BCUT2D eigenvalue weighted by Crippen LogP contribution is -2.43. The van der Waals surface area contributed by atoms with Gasteiger partial charge in [0, 0.05) is 37.5 Å². The van der Waals surface area contributed by atoms with E-state index in [4.69, 9.17) is 4.74 Å². The molecule has 0 bridgehead atoms. The SMILES string of the molecule is CCC(CC)(CNCCN1CCOCC1)SC. The van der Waals surface area contributed by atoms with Gasteiger partial charge < -0.3 is 10.1 Å². The van der Waals surface area contributed by atoms with Crippen LogP contribution in [0.1, 0.15) is 26.7 Å². The lowest BCUT2D eigenvalue weighted by Gasteiger charge is -2.31. The highest BCUT2D eigenvalue weighted by Gasteiger charge is 2.24. The van der Waals surface area contributed by atoms with E-state index >= 15 is 0 Å². The second-order valence-electron chi connectivity index (χ2n) is 4.73. The number of ether oxygens (including phenoxy) is 1. The summed E-state index contributed by atoms with van der Waals surface area (Å²) in [4.78, 5) is 2.48. The van der Waals surface area contributed by atoms with Gasteiger partial charge in [-0.25, -0.2) is 0 Å². The highest BCUT2D eigenvalue weighted by Crippen LogP contribution is 2.29. The van der Waals surface area contributed by atoms with Gasteiger partial charge in [0.1, 0.15) is 0 Å². The van der Waals surface area contributed by atoms with Crippen molar-refractivity contribution in [2.45, 2.75) is 31.4 Å². The van der Waals surface area contributed by atoms with Crippen LogP contribution in [0, 0.1) is 0 Å². The average Bonchev–Trinajstić information content (AvgIpc) is 2.41. The molecule has 4 heteroatoms. The van der Waals surface area contributed by atoms with Gasteiger partial charge in [-0.3, -0.25) is 4.90 Å². The van der Waals surface area contributed by atoms with E-state index in [9.17, 15) is 0 Å². The largest absolute Gasteiger partial charge is 0.379 e. The van der Waals surface area contributed by atoms with Gasteiger partial charge in [-0.05, 0) is 19.1 Å². The van der Waals surface area contributed by atoms with E-state index in [0.717, 1.165) is 45.9 Å². The van der Waals surface area contributed by atoms with Crippen LogP contribution in [-0.4, -0.2) is 61.8 Å².